The normalized spacial score (nSPS) is 19.3. The van der Waals surface area contributed by atoms with Crippen molar-refractivity contribution >= 4 is 51.4 Å². The number of halogens is 1. The SMILES string of the molecule is O=C1NC(=O)N(c2cccc(Br)c2)C(=O)/C1=C\c1ccc(N2CCCCC2)o1. The third-order valence-corrected chi connectivity index (χ3v) is 5.23. The molecule has 1 aromatic carbocycles. The van der Waals surface area contributed by atoms with Crippen molar-refractivity contribution in [2.24, 2.45) is 0 Å². The Hall–Kier alpha value is -2.87. The zero-order chi connectivity index (χ0) is 19.7. The number of piperidine rings is 1. The molecule has 0 radical (unpaired) electrons. The average Bonchev–Trinajstić information content (AvgIpc) is 3.14. The molecule has 0 saturated carbocycles. The van der Waals surface area contributed by atoms with Crippen LogP contribution in [0.1, 0.15) is 25.0 Å². The van der Waals surface area contributed by atoms with Crippen LogP contribution < -0.4 is 15.1 Å². The van der Waals surface area contributed by atoms with Crippen molar-refractivity contribution in [2.75, 3.05) is 22.9 Å². The molecule has 4 amide bonds. The Bertz CT molecular complexity index is 975. The van der Waals surface area contributed by atoms with Crippen LogP contribution in [-0.4, -0.2) is 30.9 Å². The zero-order valence-corrected chi connectivity index (χ0v) is 16.6. The maximum Gasteiger partial charge on any atom is 0.335 e. The molecule has 7 nitrogen and oxygen atoms in total. The van der Waals surface area contributed by atoms with Gasteiger partial charge in [0, 0.05) is 23.6 Å². The van der Waals surface area contributed by atoms with Crippen molar-refractivity contribution in [3.63, 3.8) is 0 Å². The predicted molar refractivity (Wildman–Crippen MR) is 108 cm³/mol. The van der Waals surface area contributed by atoms with Crippen molar-refractivity contribution < 1.29 is 18.8 Å². The van der Waals surface area contributed by atoms with E-state index in [1.165, 1.54) is 12.5 Å². The van der Waals surface area contributed by atoms with E-state index >= 15 is 0 Å². The minimum Gasteiger partial charge on any atom is -0.441 e. The van der Waals surface area contributed by atoms with Crippen molar-refractivity contribution in [1.82, 2.24) is 5.32 Å². The number of benzene rings is 1. The van der Waals surface area contributed by atoms with Crippen LogP contribution in [0, 0.1) is 0 Å². The molecule has 8 heteroatoms. The third-order valence-electron chi connectivity index (χ3n) is 4.74. The molecule has 3 heterocycles. The zero-order valence-electron chi connectivity index (χ0n) is 15.0. The number of hydrogen-bond donors (Lipinski definition) is 1. The molecule has 2 aliphatic heterocycles. The Kier molecular flexibility index (Phi) is 5.04. The second-order valence-corrected chi connectivity index (χ2v) is 7.58. The number of hydrogen-bond acceptors (Lipinski definition) is 5. The fraction of sp³-hybridized carbons (Fsp3) is 0.250. The van der Waals surface area contributed by atoms with E-state index in [9.17, 15) is 14.4 Å². The number of furan rings is 1. The second-order valence-electron chi connectivity index (χ2n) is 6.66. The van der Waals surface area contributed by atoms with Crippen LogP contribution in [0.3, 0.4) is 0 Å². The molecule has 0 aliphatic carbocycles. The van der Waals surface area contributed by atoms with Gasteiger partial charge in [-0.1, -0.05) is 22.0 Å². The van der Waals surface area contributed by atoms with Gasteiger partial charge >= 0.3 is 6.03 Å². The van der Waals surface area contributed by atoms with Gasteiger partial charge in [-0.15, -0.1) is 0 Å². The molecule has 0 atom stereocenters. The summed E-state index contributed by atoms with van der Waals surface area (Å²) >= 11 is 3.32. The number of imide groups is 2. The van der Waals surface area contributed by atoms with Gasteiger partial charge in [-0.25, -0.2) is 9.69 Å². The van der Waals surface area contributed by atoms with Crippen molar-refractivity contribution in [1.29, 1.82) is 0 Å². The first-order valence-electron chi connectivity index (χ1n) is 9.05. The van der Waals surface area contributed by atoms with Gasteiger partial charge in [0.15, 0.2) is 5.88 Å². The summed E-state index contributed by atoms with van der Waals surface area (Å²) < 4.78 is 6.53. The first kappa shape index (κ1) is 18.5. The number of rotatable bonds is 3. The van der Waals surface area contributed by atoms with Crippen molar-refractivity contribution in [3.05, 3.63) is 52.2 Å². The fourth-order valence-corrected chi connectivity index (χ4v) is 3.74. The Labute approximate surface area is 170 Å². The van der Waals surface area contributed by atoms with Crippen LogP contribution in [-0.2, 0) is 9.59 Å². The van der Waals surface area contributed by atoms with Crippen LogP contribution in [0.15, 0.2) is 50.9 Å². The number of nitrogens with one attached hydrogen (secondary N) is 1. The minimum atomic E-state index is -0.779. The lowest BCUT2D eigenvalue weighted by Gasteiger charge is -2.26. The Balaban J connectivity index is 1.63. The summed E-state index contributed by atoms with van der Waals surface area (Å²) in [6.07, 6.45) is 4.81. The molecule has 2 aliphatic rings. The monoisotopic (exact) mass is 443 g/mol. The first-order valence-corrected chi connectivity index (χ1v) is 9.84. The van der Waals surface area contributed by atoms with E-state index < -0.39 is 17.8 Å². The molecule has 0 bridgehead atoms. The molecule has 0 spiro atoms. The van der Waals surface area contributed by atoms with Crippen LogP contribution in [0.4, 0.5) is 16.4 Å². The van der Waals surface area contributed by atoms with E-state index in [0.717, 1.165) is 36.7 Å². The highest BCUT2D eigenvalue weighted by Crippen LogP contribution is 2.27. The molecule has 1 aromatic heterocycles. The van der Waals surface area contributed by atoms with Crippen LogP contribution in [0.25, 0.3) is 6.08 Å². The summed E-state index contributed by atoms with van der Waals surface area (Å²) in [5.41, 5.74) is 0.211. The fourth-order valence-electron chi connectivity index (χ4n) is 3.35. The average molecular weight is 444 g/mol. The number of nitrogens with zero attached hydrogens (tertiary/aromatic N) is 2. The van der Waals surface area contributed by atoms with Crippen LogP contribution >= 0.6 is 15.9 Å². The smallest absolute Gasteiger partial charge is 0.335 e. The molecule has 2 fully saturated rings. The molecular weight excluding hydrogens is 426 g/mol. The molecular formula is C20H18BrN3O4. The molecule has 28 heavy (non-hydrogen) atoms. The standard InChI is InChI=1S/C20H18BrN3O4/c21-13-5-4-6-14(11-13)24-19(26)16(18(25)22-20(24)27)12-15-7-8-17(28-15)23-9-2-1-3-10-23/h4-8,11-12H,1-3,9-10H2,(H,22,25,27)/b16-12-. The van der Waals surface area contributed by atoms with Crippen LogP contribution in [0.5, 0.6) is 0 Å². The summed E-state index contributed by atoms with van der Waals surface area (Å²) in [5.74, 6) is -0.322. The largest absolute Gasteiger partial charge is 0.441 e. The second kappa shape index (κ2) is 7.63. The maximum atomic E-state index is 12.9. The highest BCUT2D eigenvalue weighted by Gasteiger charge is 2.37. The third kappa shape index (κ3) is 3.60. The Morgan fingerprint density at radius 3 is 2.57 bits per heavy atom. The number of barbiturate groups is 1. The minimum absolute atomic E-state index is 0.154. The van der Waals surface area contributed by atoms with Crippen molar-refractivity contribution in [3.8, 4) is 0 Å². The molecule has 2 aromatic rings. The molecule has 1 N–H and O–H groups in total. The lowest BCUT2D eigenvalue weighted by molar-refractivity contribution is -0.122. The first-order chi connectivity index (χ1) is 13.5. The molecule has 144 valence electrons. The van der Waals surface area contributed by atoms with Gasteiger partial charge in [0.1, 0.15) is 11.3 Å². The quantitative estimate of drug-likeness (QED) is 0.577. The summed E-state index contributed by atoms with van der Waals surface area (Å²) in [5, 5.41) is 2.21. The lowest BCUT2D eigenvalue weighted by atomic mass is 10.1. The van der Waals surface area contributed by atoms with Gasteiger partial charge in [-0.2, -0.15) is 0 Å². The van der Waals surface area contributed by atoms with E-state index in [0.29, 0.717) is 15.9 Å². The summed E-state index contributed by atoms with van der Waals surface area (Å²) in [6.45, 7) is 1.85. The Morgan fingerprint density at radius 1 is 1.04 bits per heavy atom. The molecule has 0 unspecified atom stereocenters. The van der Waals surface area contributed by atoms with E-state index in [4.69, 9.17) is 4.42 Å². The summed E-state index contributed by atoms with van der Waals surface area (Å²) in [6, 6.07) is 9.51. The van der Waals surface area contributed by atoms with Gasteiger partial charge < -0.3 is 9.32 Å². The maximum absolute atomic E-state index is 12.9. The number of urea groups is 1. The topological polar surface area (TPSA) is 82.9 Å². The molecule has 4 rings (SSSR count). The van der Waals surface area contributed by atoms with Gasteiger partial charge in [-0.3, -0.25) is 14.9 Å². The number of anilines is 2. The van der Waals surface area contributed by atoms with E-state index in [-0.39, 0.29) is 5.57 Å². The predicted octanol–water partition coefficient (Wildman–Crippen LogP) is 3.70. The Morgan fingerprint density at radius 2 is 1.82 bits per heavy atom. The highest BCUT2D eigenvalue weighted by atomic mass is 79.9. The van der Waals surface area contributed by atoms with E-state index in [2.05, 4.69) is 26.1 Å². The van der Waals surface area contributed by atoms with Crippen molar-refractivity contribution in [2.45, 2.75) is 19.3 Å². The van der Waals surface area contributed by atoms with E-state index in [1.54, 1.807) is 30.3 Å². The number of carbonyl (C=O) groups is 3. The van der Waals surface area contributed by atoms with Crippen LogP contribution in [0.2, 0.25) is 0 Å². The highest BCUT2D eigenvalue weighted by molar-refractivity contribution is 9.10. The number of amides is 4. The van der Waals surface area contributed by atoms with Gasteiger partial charge in [-0.05, 0) is 49.6 Å². The van der Waals surface area contributed by atoms with Gasteiger partial charge in [0.25, 0.3) is 11.8 Å². The number of carbonyl (C=O) groups excluding carboxylic acids is 3. The molecule has 2 saturated heterocycles. The van der Waals surface area contributed by atoms with Gasteiger partial charge in [0.05, 0.1) is 5.69 Å². The lowest BCUT2D eigenvalue weighted by Crippen LogP contribution is -2.54. The van der Waals surface area contributed by atoms with Gasteiger partial charge in [0.2, 0.25) is 0 Å². The summed E-state index contributed by atoms with van der Waals surface area (Å²) in [4.78, 5) is 40.5. The van der Waals surface area contributed by atoms with E-state index in [1.807, 2.05) is 6.07 Å². The summed E-state index contributed by atoms with van der Waals surface area (Å²) in [7, 11) is 0.